The van der Waals surface area contributed by atoms with E-state index < -0.39 is 0 Å². The molecule has 0 aromatic carbocycles. The van der Waals surface area contributed by atoms with Crippen LogP contribution in [-0.4, -0.2) is 37.5 Å². The van der Waals surface area contributed by atoms with Gasteiger partial charge >= 0.3 is 0 Å². The van der Waals surface area contributed by atoms with Gasteiger partial charge in [-0.2, -0.15) is 5.10 Å². The molecule has 0 radical (unpaired) electrons. The zero-order valence-electron chi connectivity index (χ0n) is 12.1. The van der Waals surface area contributed by atoms with E-state index in [2.05, 4.69) is 20.2 Å². The predicted octanol–water partition coefficient (Wildman–Crippen LogP) is 2.33. The molecule has 0 saturated carbocycles. The van der Waals surface area contributed by atoms with Crippen molar-refractivity contribution in [3.63, 3.8) is 0 Å². The molecule has 2 aromatic heterocycles. The number of rotatable bonds is 3. The van der Waals surface area contributed by atoms with Crippen LogP contribution in [0.25, 0.3) is 11.4 Å². The maximum atomic E-state index is 12.1. The summed E-state index contributed by atoms with van der Waals surface area (Å²) in [5.41, 5.74) is 0.927. The number of pyridine rings is 1. The number of hydrogen-bond donors (Lipinski definition) is 1. The molecule has 2 aromatic rings. The van der Waals surface area contributed by atoms with Crippen molar-refractivity contribution in [2.45, 2.75) is 38.6 Å². The summed E-state index contributed by atoms with van der Waals surface area (Å²) in [5, 5.41) is 7.29. The predicted molar refractivity (Wildman–Crippen MR) is 78.2 cm³/mol. The van der Waals surface area contributed by atoms with Gasteiger partial charge < -0.3 is 4.90 Å². The molecule has 21 heavy (non-hydrogen) atoms. The number of nitrogens with zero attached hydrogens (tertiary/aromatic N) is 4. The second-order valence-electron chi connectivity index (χ2n) is 5.23. The largest absolute Gasteiger partial charge is 0.332 e. The van der Waals surface area contributed by atoms with Crippen LogP contribution in [0.15, 0.2) is 24.5 Å². The quantitative estimate of drug-likeness (QED) is 0.939. The molecule has 1 amide bonds. The van der Waals surface area contributed by atoms with Crippen molar-refractivity contribution in [2.75, 3.05) is 6.54 Å². The molecule has 3 heterocycles. The number of hydrogen-bond acceptors (Lipinski definition) is 4. The first-order valence-electron chi connectivity index (χ1n) is 7.41. The highest BCUT2D eigenvalue weighted by molar-refractivity contribution is 5.76. The number of aromatic amines is 1. The Labute approximate surface area is 123 Å². The van der Waals surface area contributed by atoms with Gasteiger partial charge in [0.2, 0.25) is 5.91 Å². The summed E-state index contributed by atoms with van der Waals surface area (Å²) in [6.45, 7) is 2.71. The molecule has 1 fully saturated rings. The van der Waals surface area contributed by atoms with Gasteiger partial charge in [-0.3, -0.25) is 14.9 Å². The Hall–Kier alpha value is -2.24. The molecule has 1 saturated heterocycles. The van der Waals surface area contributed by atoms with Crippen molar-refractivity contribution in [3.05, 3.63) is 30.4 Å². The average molecular weight is 285 g/mol. The number of aromatic nitrogens is 4. The van der Waals surface area contributed by atoms with Crippen molar-refractivity contribution in [3.8, 4) is 11.4 Å². The number of carbonyl (C=O) groups excluding carboxylic acids is 1. The first-order chi connectivity index (χ1) is 10.3. The molecule has 0 aliphatic carbocycles. The lowest BCUT2D eigenvalue weighted by Crippen LogP contribution is -2.38. The summed E-state index contributed by atoms with van der Waals surface area (Å²) in [5.74, 6) is 1.62. The van der Waals surface area contributed by atoms with E-state index in [4.69, 9.17) is 0 Å². The van der Waals surface area contributed by atoms with E-state index in [0.29, 0.717) is 12.2 Å². The number of nitrogens with one attached hydrogen (secondary N) is 1. The average Bonchev–Trinajstić information content (AvgIpc) is 3.05. The van der Waals surface area contributed by atoms with Gasteiger partial charge in [-0.05, 0) is 31.4 Å². The summed E-state index contributed by atoms with van der Waals surface area (Å²) in [7, 11) is 0. The molecule has 6 nitrogen and oxygen atoms in total. The molecule has 0 spiro atoms. The van der Waals surface area contributed by atoms with Crippen LogP contribution in [0.5, 0.6) is 0 Å². The van der Waals surface area contributed by atoms with Crippen LogP contribution in [-0.2, 0) is 4.79 Å². The van der Waals surface area contributed by atoms with Crippen LogP contribution in [0.2, 0.25) is 0 Å². The molecule has 1 unspecified atom stereocenters. The normalized spacial score (nSPS) is 18.7. The van der Waals surface area contributed by atoms with Gasteiger partial charge in [-0.15, -0.1) is 0 Å². The van der Waals surface area contributed by atoms with E-state index in [1.54, 1.807) is 12.4 Å². The number of piperidine rings is 1. The summed E-state index contributed by atoms with van der Waals surface area (Å²) in [6, 6.07) is 3.78. The highest BCUT2D eigenvalue weighted by atomic mass is 16.2. The maximum absolute atomic E-state index is 12.1. The molecule has 1 N–H and O–H groups in total. The van der Waals surface area contributed by atoms with Crippen LogP contribution >= 0.6 is 0 Å². The van der Waals surface area contributed by atoms with Crippen LogP contribution in [0.4, 0.5) is 0 Å². The maximum Gasteiger partial charge on any atom is 0.222 e. The Balaban J connectivity index is 1.86. The zero-order chi connectivity index (χ0) is 14.7. The number of amides is 1. The Morgan fingerprint density at radius 3 is 2.95 bits per heavy atom. The molecule has 1 atom stereocenters. The lowest BCUT2D eigenvalue weighted by molar-refractivity contribution is -0.134. The minimum Gasteiger partial charge on any atom is -0.332 e. The van der Waals surface area contributed by atoms with Gasteiger partial charge in [0, 0.05) is 30.9 Å². The number of H-pyrrole nitrogens is 1. The van der Waals surface area contributed by atoms with Gasteiger partial charge in [-0.1, -0.05) is 6.92 Å². The van der Waals surface area contributed by atoms with Crippen LogP contribution in [0, 0.1) is 0 Å². The molecule has 6 heteroatoms. The van der Waals surface area contributed by atoms with Crippen LogP contribution < -0.4 is 0 Å². The first kappa shape index (κ1) is 13.7. The van der Waals surface area contributed by atoms with Crippen LogP contribution in [0.3, 0.4) is 0 Å². The summed E-state index contributed by atoms with van der Waals surface area (Å²) < 4.78 is 0. The van der Waals surface area contributed by atoms with Gasteiger partial charge in [0.15, 0.2) is 5.82 Å². The third-order valence-corrected chi connectivity index (χ3v) is 3.88. The molecule has 3 rings (SSSR count). The standard InChI is InChI=1S/C15H19N5O/c1-2-13(21)20-10-4-3-5-12(20)15-17-14(18-19-15)11-6-8-16-9-7-11/h6-9,12H,2-5,10H2,1H3,(H,17,18,19). The van der Waals surface area contributed by atoms with Crippen molar-refractivity contribution >= 4 is 5.91 Å². The Morgan fingerprint density at radius 2 is 2.19 bits per heavy atom. The lowest BCUT2D eigenvalue weighted by Gasteiger charge is -2.34. The van der Waals surface area contributed by atoms with Gasteiger partial charge in [-0.25, -0.2) is 4.98 Å². The molecule has 1 aliphatic rings. The van der Waals surface area contributed by atoms with Crippen molar-refractivity contribution in [1.82, 2.24) is 25.1 Å². The molecule has 1 aliphatic heterocycles. The van der Waals surface area contributed by atoms with E-state index in [1.165, 1.54) is 0 Å². The van der Waals surface area contributed by atoms with E-state index in [0.717, 1.165) is 37.2 Å². The highest BCUT2D eigenvalue weighted by Gasteiger charge is 2.29. The first-order valence-corrected chi connectivity index (χ1v) is 7.41. The van der Waals surface area contributed by atoms with Gasteiger partial charge in [0.1, 0.15) is 5.82 Å². The SMILES string of the molecule is CCC(=O)N1CCCCC1c1nc(-c2ccncc2)n[nH]1. The van der Waals surface area contributed by atoms with E-state index in [-0.39, 0.29) is 11.9 Å². The lowest BCUT2D eigenvalue weighted by atomic mass is 10.0. The number of carbonyl (C=O) groups is 1. The van der Waals surface area contributed by atoms with Gasteiger partial charge in [0.05, 0.1) is 6.04 Å². The minimum atomic E-state index is 0.0225. The summed E-state index contributed by atoms with van der Waals surface area (Å²) >= 11 is 0. The molecule has 0 bridgehead atoms. The number of likely N-dealkylation sites (tertiary alicyclic amines) is 1. The van der Waals surface area contributed by atoms with Crippen molar-refractivity contribution in [1.29, 1.82) is 0 Å². The van der Waals surface area contributed by atoms with E-state index in [1.807, 2.05) is 24.0 Å². The van der Waals surface area contributed by atoms with Crippen molar-refractivity contribution < 1.29 is 4.79 Å². The molecular formula is C15H19N5O. The third kappa shape index (κ3) is 2.79. The van der Waals surface area contributed by atoms with Crippen molar-refractivity contribution in [2.24, 2.45) is 0 Å². The summed E-state index contributed by atoms with van der Waals surface area (Å²) in [4.78, 5) is 22.6. The Bertz CT molecular complexity index is 610. The van der Waals surface area contributed by atoms with E-state index >= 15 is 0 Å². The molecular weight excluding hydrogens is 266 g/mol. The topological polar surface area (TPSA) is 74.8 Å². The van der Waals surface area contributed by atoms with Crippen LogP contribution in [0.1, 0.15) is 44.5 Å². The van der Waals surface area contributed by atoms with Gasteiger partial charge in [0.25, 0.3) is 0 Å². The highest BCUT2D eigenvalue weighted by Crippen LogP contribution is 2.30. The zero-order valence-corrected chi connectivity index (χ0v) is 12.1. The van der Waals surface area contributed by atoms with E-state index in [9.17, 15) is 4.79 Å². The summed E-state index contributed by atoms with van der Waals surface area (Å²) in [6.07, 6.45) is 7.09. The fourth-order valence-electron chi connectivity index (χ4n) is 2.77. The monoisotopic (exact) mass is 285 g/mol. The smallest absolute Gasteiger partial charge is 0.222 e. The minimum absolute atomic E-state index is 0.0225. The second kappa shape index (κ2) is 6.03. The fourth-order valence-corrected chi connectivity index (χ4v) is 2.77. The molecule has 110 valence electrons. The third-order valence-electron chi connectivity index (χ3n) is 3.88. The Kier molecular flexibility index (Phi) is 3.94. The fraction of sp³-hybridized carbons (Fsp3) is 0.467. The Morgan fingerprint density at radius 1 is 1.38 bits per heavy atom. The second-order valence-corrected chi connectivity index (χ2v) is 5.23.